The van der Waals surface area contributed by atoms with Crippen molar-refractivity contribution in [1.29, 1.82) is 0 Å². The van der Waals surface area contributed by atoms with E-state index in [9.17, 15) is 9.18 Å². The molecule has 1 aliphatic rings. The number of benzene rings is 1. The Balaban J connectivity index is 1.82. The van der Waals surface area contributed by atoms with Crippen LogP contribution >= 0.6 is 0 Å². The first-order chi connectivity index (χ1) is 12.0. The summed E-state index contributed by atoms with van der Waals surface area (Å²) in [6.07, 6.45) is 2.21. The highest BCUT2D eigenvalue weighted by Crippen LogP contribution is 2.22. The number of carbonyl (C=O) groups is 1. The molecule has 25 heavy (non-hydrogen) atoms. The van der Waals surface area contributed by atoms with Gasteiger partial charge in [0.05, 0.1) is 30.6 Å². The third kappa shape index (κ3) is 3.69. The van der Waals surface area contributed by atoms with Gasteiger partial charge >= 0.3 is 0 Å². The Morgan fingerprint density at radius 2 is 2.16 bits per heavy atom. The van der Waals surface area contributed by atoms with E-state index < -0.39 is 0 Å². The van der Waals surface area contributed by atoms with Crippen LogP contribution in [0, 0.1) is 12.7 Å². The summed E-state index contributed by atoms with van der Waals surface area (Å²) >= 11 is 0. The lowest BCUT2D eigenvalue weighted by molar-refractivity contribution is 0.0606. The van der Waals surface area contributed by atoms with E-state index in [-0.39, 0.29) is 29.6 Å². The third-order valence-electron chi connectivity index (χ3n) is 4.33. The predicted octanol–water partition coefficient (Wildman–Crippen LogP) is 1.59. The van der Waals surface area contributed by atoms with Crippen LogP contribution in [0.4, 0.5) is 4.39 Å². The molecular weight excluding hydrogens is 327 g/mol. The van der Waals surface area contributed by atoms with E-state index in [4.69, 9.17) is 9.47 Å². The lowest BCUT2D eigenvalue weighted by Crippen LogP contribution is -2.38. The van der Waals surface area contributed by atoms with Crippen molar-refractivity contribution in [2.24, 2.45) is 0 Å². The average Bonchev–Trinajstić information content (AvgIpc) is 3.21. The number of aryl methyl sites for hydroxylation is 1. The minimum atomic E-state index is -0.360. The molecule has 0 unspecified atom stereocenters. The summed E-state index contributed by atoms with van der Waals surface area (Å²) < 4.78 is 25.6. The second-order valence-corrected chi connectivity index (χ2v) is 6.20. The normalized spacial score (nSPS) is 20.2. The average molecular weight is 348 g/mol. The second kappa shape index (κ2) is 7.28. The van der Waals surface area contributed by atoms with Crippen LogP contribution in [0.5, 0.6) is 0 Å². The highest BCUT2D eigenvalue weighted by molar-refractivity contribution is 5.92. The Hall–Kier alpha value is -2.32. The van der Waals surface area contributed by atoms with Crippen molar-refractivity contribution in [3.8, 4) is 5.69 Å². The second-order valence-electron chi connectivity index (χ2n) is 6.20. The van der Waals surface area contributed by atoms with Crippen LogP contribution in [0.25, 0.3) is 5.69 Å². The summed E-state index contributed by atoms with van der Waals surface area (Å²) in [4.78, 5) is 14.5. The van der Waals surface area contributed by atoms with Crippen molar-refractivity contribution < 1.29 is 18.7 Å². The van der Waals surface area contributed by atoms with E-state index in [1.54, 1.807) is 32.1 Å². The molecule has 1 aromatic carbocycles. The van der Waals surface area contributed by atoms with Crippen LogP contribution in [0.1, 0.15) is 22.5 Å². The number of carbonyl (C=O) groups excluding carboxylic acids is 1. The molecule has 2 heterocycles. The van der Waals surface area contributed by atoms with Gasteiger partial charge in [-0.3, -0.25) is 4.79 Å². The predicted molar refractivity (Wildman–Crippen MR) is 88.2 cm³/mol. The van der Waals surface area contributed by atoms with E-state index >= 15 is 0 Å². The van der Waals surface area contributed by atoms with E-state index in [0.29, 0.717) is 25.3 Å². The molecule has 134 valence electrons. The first-order valence-corrected chi connectivity index (χ1v) is 8.04. The molecule has 0 aliphatic carbocycles. The van der Waals surface area contributed by atoms with Gasteiger partial charge in [-0.25, -0.2) is 9.07 Å². The number of amides is 1. The van der Waals surface area contributed by atoms with Crippen LogP contribution in [0.3, 0.4) is 0 Å². The third-order valence-corrected chi connectivity index (χ3v) is 4.33. The molecule has 0 radical (unpaired) electrons. The molecule has 1 amide bonds. The van der Waals surface area contributed by atoms with Crippen LogP contribution in [0.15, 0.2) is 24.4 Å². The maximum absolute atomic E-state index is 13.6. The number of likely N-dealkylation sites (tertiary alicyclic amines) is 1. The number of hydrogen-bond acceptors (Lipinski definition) is 5. The van der Waals surface area contributed by atoms with Gasteiger partial charge in [0.25, 0.3) is 5.91 Å². The van der Waals surface area contributed by atoms with E-state index in [1.165, 1.54) is 23.0 Å². The van der Waals surface area contributed by atoms with Crippen molar-refractivity contribution in [2.75, 3.05) is 27.4 Å². The van der Waals surface area contributed by atoms with Crippen molar-refractivity contribution in [1.82, 2.24) is 19.9 Å². The number of nitrogens with zero attached hydrogens (tertiary/aromatic N) is 4. The summed E-state index contributed by atoms with van der Waals surface area (Å²) in [6, 6.07) is 4.48. The Morgan fingerprint density at radius 3 is 2.84 bits per heavy atom. The molecule has 0 spiro atoms. The van der Waals surface area contributed by atoms with Gasteiger partial charge in [-0.05, 0) is 37.1 Å². The number of halogens is 1. The van der Waals surface area contributed by atoms with E-state index in [0.717, 1.165) is 5.56 Å². The quantitative estimate of drug-likeness (QED) is 0.821. The molecule has 8 heteroatoms. The smallest absolute Gasteiger partial charge is 0.276 e. The molecule has 1 aromatic heterocycles. The molecule has 1 fully saturated rings. The van der Waals surface area contributed by atoms with Gasteiger partial charge in [0.1, 0.15) is 5.82 Å². The van der Waals surface area contributed by atoms with E-state index in [2.05, 4.69) is 10.3 Å². The molecule has 1 aliphatic heterocycles. The largest absolute Gasteiger partial charge is 0.383 e. The fraction of sp³-hybridized carbons (Fsp3) is 0.471. The van der Waals surface area contributed by atoms with Crippen molar-refractivity contribution in [2.45, 2.75) is 25.5 Å². The minimum Gasteiger partial charge on any atom is -0.383 e. The Morgan fingerprint density at radius 1 is 1.36 bits per heavy atom. The van der Waals surface area contributed by atoms with Gasteiger partial charge in [0, 0.05) is 20.8 Å². The Labute approximate surface area is 145 Å². The van der Waals surface area contributed by atoms with Crippen LogP contribution in [-0.4, -0.2) is 65.3 Å². The number of rotatable bonds is 5. The Bertz CT molecular complexity index is 744. The molecule has 2 aromatic rings. The molecule has 3 rings (SSSR count). The number of aromatic nitrogens is 3. The van der Waals surface area contributed by atoms with Crippen molar-refractivity contribution >= 4 is 5.91 Å². The van der Waals surface area contributed by atoms with Crippen molar-refractivity contribution in [3.05, 3.63) is 41.5 Å². The topological polar surface area (TPSA) is 69.5 Å². The zero-order valence-electron chi connectivity index (χ0n) is 14.5. The number of hydrogen-bond donors (Lipinski definition) is 0. The molecular formula is C17H21FN4O3. The monoisotopic (exact) mass is 348 g/mol. The summed E-state index contributed by atoms with van der Waals surface area (Å²) in [5.74, 6) is -0.595. The van der Waals surface area contributed by atoms with Gasteiger partial charge in [0.2, 0.25) is 0 Å². The molecule has 0 N–H and O–H groups in total. The standard InChI is InChI=1S/C17H21FN4O3/c1-11-4-12(18)6-13(5-11)22-9-16(19-20-22)17(23)21-8-15(25-3)7-14(21)10-24-2/h4-6,9,14-15H,7-8,10H2,1-3H3/t14-,15-/m0/s1. The molecule has 1 saturated heterocycles. The molecule has 7 nitrogen and oxygen atoms in total. The lowest BCUT2D eigenvalue weighted by Gasteiger charge is -2.22. The zero-order valence-corrected chi connectivity index (χ0v) is 14.5. The summed E-state index contributed by atoms with van der Waals surface area (Å²) in [7, 11) is 3.23. The SMILES string of the molecule is COC[C@@H]1C[C@H](OC)CN1C(=O)c1cn(-c2cc(C)cc(F)c2)nn1. The summed E-state index contributed by atoms with van der Waals surface area (Å²) in [6.45, 7) is 2.71. The van der Waals surface area contributed by atoms with Gasteiger partial charge < -0.3 is 14.4 Å². The van der Waals surface area contributed by atoms with Crippen LogP contribution in [-0.2, 0) is 9.47 Å². The van der Waals surface area contributed by atoms with Crippen LogP contribution in [0.2, 0.25) is 0 Å². The van der Waals surface area contributed by atoms with Gasteiger partial charge in [0.15, 0.2) is 5.69 Å². The van der Waals surface area contributed by atoms with Gasteiger partial charge in [-0.15, -0.1) is 5.10 Å². The Kier molecular flexibility index (Phi) is 5.10. The maximum atomic E-state index is 13.6. The molecule has 0 saturated carbocycles. The fourth-order valence-corrected chi connectivity index (χ4v) is 3.13. The molecule has 2 atom stereocenters. The highest BCUT2D eigenvalue weighted by atomic mass is 19.1. The number of methoxy groups -OCH3 is 2. The number of ether oxygens (including phenoxy) is 2. The highest BCUT2D eigenvalue weighted by Gasteiger charge is 2.36. The van der Waals surface area contributed by atoms with Crippen LogP contribution < -0.4 is 0 Å². The first-order valence-electron chi connectivity index (χ1n) is 8.04. The van der Waals surface area contributed by atoms with Crippen molar-refractivity contribution in [3.63, 3.8) is 0 Å². The minimum absolute atomic E-state index is 0.0231. The zero-order chi connectivity index (χ0) is 18.0. The lowest BCUT2D eigenvalue weighted by atomic mass is 10.2. The van der Waals surface area contributed by atoms with Gasteiger partial charge in [-0.1, -0.05) is 5.21 Å². The van der Waals surface area contributed by atoms with Gasteiger partial charge in [-0.2, -0.15) is 0 Å². The summed E-state index contributed by atoms with van der Waals surface area (Å²) in [5.41, 5.74) is 1.49. The maximum Gasteiger partial charge on any atom is 0.276 e. The fourth-order valence-electron chi connectivity index (χ4n) is 3.13. The van der Waals surface area contributed by atoms with E-state index in [1.807, 2.05) is 0 Å². The first kappa shape index (κ1) is 17.5. The molecule has 0 bridgehead atoms. The summed E-state index contributed by atoms with van der Waals surface area (Å²) in [5, 5.41) is 7.92.